The van der Waals surface area contributed by atoms with Gasteiger partial charge in [-0.05, 0) is 37.1 Å². The SMILES string of the molecule is CCCCCC[C@]1(C)C(C)=Nc2ccc(SOOO)cc21. The molecule has 1 heterocycles. The van der Waals surface area contributed by atoms with E-state index in [2.05, 4.69) is 36.2 Å². The zero-order valence-electron chi connectivity index (χ0n) is 12.9. The van der Waals surface area contributed by atoms with E-state index in [1.165, 1.54) is 37.0 Å². The Kier molecular flexibility index (Phi) is 5.81. The summed E-state index contributed by atoms with van der Waals surface area (Å²) in [6.07, 6.45) is 6.13. The Hall–Kier alpha value is -0.880. The van der Waals surface area contributed by atoms with Crippen molar-refractivity contribution in [1.29, 1.82) is 0 Å². The first-order valence-electron chi connectivity index (χ1n) is 7.47. The van der Waals surface area contributed by atoms with Gasteiger partial charge in [-0.15, -0.1) is 4.33 Å². The van der Waals surface area contributed by atoms with Crippen molar-refractivity contribution in [3.63, 3.8) is 0 Å². The third-order valence-corrected chi connectivity index (χ3v) is 4.92. The van der Waals surface area contributed by atoms with Crippen LogP contribution in [0.3, 0.4) is 0 Å². The molecule has 1 atom stereocenters. The summed E-state index contributed by atoms with van der Waals surface area (Å²) in [5.74, 6) is 0. The van der Waals surface area contributed by atoms with Crippen molar-refractivity contribution >= 4 is 23.4 Å². The number of nitrogens with zero attached hydrogens (tertiary/aromatic N) is 1. The van der Waals surface area contributed by atoms with E-state index in [9.17, 15) is 0 Å². The molecule has 2 rings (SSSR count). The van der Waals surface area contributed by atoms with Crippen LogP contribution in [0.4, 0.5) is 5.69 Å². The molecule has 0 saturated heterocycles. The van der Waals surface area contributed by atoms with Crippen LogP contribution < -0.4 is 0 Å². The molecular formula is C16H23NO3S. The number of hydrogen-bond donors (Lipinski definition) is 1. The molecule has 0 spiro atoms. The van der Waals surface area contributed by atoms with Crippen molar-refractivity contribution in [2.45, 2.75) is 63.2 Å². The second-order valence-corrected chi connectivity index (χ2v) is 6.52. The fourth-order valence-electron chi connectivity index (χ4n) is 2.88. The van der Waals surface area contributed by atoms with Crippen LogP contribution in [0.5, 0.6) is 0 Å². The van der Waals surface area contributed by atoms with Crippen LogP contribution in [0.15, 0.2) is 28.1 Å². The van der Waals surface area contributed by atoms with Crippen LogP contribution in [-0.2, 0) is 14.8 Å². The summed E-state index contributed by atoms with van der Waals surface area (Å²) < 4.78 is 4.52. The maximum absolute atomic E-state index is 8.27. The Morgan fingerprint density at radius 1 is 1.29 bits per heavy atom. The van der Waals surface area contributed by atoms with E-state index in [1.54, 1.807) is 0 Å². The Bertz CT molecular complexity index is 518. The second kappa shape index (κ2) is 7.40. The van der Waals surface area contributed by atoms with Gasteiger partial charge >= 0.3 is 0 Å². The van der Waals surface area contributed by atoms with Gasteiger partial charge in [0.1, 0.15) is 0 Å². The largest absolute Gasteiger partial charge is 0.257 e. The minimum absolute atomic E-state index is 0.000281. The molecule has 0 aliphatic carbocycles. The molecule has 0 bridgehead atoms. The van der Waals surface area contributed by atoms with E-state index in [1.807, 2.05) is 12.1 Å². The molecule has 1 aromatic rings. The van der Waals surface area contributed by atoms with Crippen LogP contribution in [0, 0.1) is 0 Å². The molecular weight excluding hydrogens is 286 g/mol. The van der Waals surface area contributed by atoms with Gasteiger partial charge < -0.3 is 0 Å². The standard InChI is InChI=1S/C16H23NO3S/c1-4-5-6-7-10-16(3)12(2)17-15-9-8-13(11-14(15)16)21-20-19-18/h8-9,11,18H,4-7,10H2,1-3H3/t16-/m1/s1. The highest BCUT2D eigenvalue weighted by molar-refractivity contribution is 7.94. The Labute approximate surface area is 130 Å². The normalized spacial score (nSPS) is 20.5. The van der Waals surface area contributed by atoms with Crippen LogP contribution in [0.1, 0.15) is 58.4 Å². The van der Waals surface area contributed by atoms with E-state index < -0.39 is 0 Å². The molecule has 1 aromatic carbocycles. The first kappa shape index (κ1) is 16.5. The Balaban J connectivity index is 2.15. The highest BCUT2D eigenvalue weighted by Gasteiger charge is 2.36. The van der Waals surface area contributed by atoms with Gasteiger partial charge in [0, 0.05) is 16.0 Å². The quantitative estimate of drug-likeness (QED) is 0.300. The van der Waals surface area contributed by atoms with Crippen molar-refractivity contribution in [1.82, 2.24) is 0 Å². The number of fused-ring (bicyclic) bond motifs is 1. The molecule has 116 valence electrons. The zero-order valence-corrected chi connectivity index (χ0v) is 13.7. The minimum Gasteiger partial charge on any atom is -0.257 e. The number of aliphatic imine (C=N–C) groups is 1. The van der Waals surface area contributed by atoms with Gasteiger partial charge in [-0.3, -0.25) is 4.99 Å². The predicted molar refractivity (Wildman–Crippen MR) is 86.0 cm³/mol. The van der Waals surface area contributed by atoms with Crippen molar-refractivity contribution in [2.75, 3.05) is 0 Å². The molecule has 1 N–H and O–H groups in total. The first-order chi connectivity index (χ1) is 10.1. The summed E-state index contributed by atoms with van der Waals surface area (Å²) in [6, 6.07) is 6.00. The van der Waals surface area contributed by atoms with Crippen molar-refractivity contribution in [2.24, 2.45) is 4.99 Å². The minimum atomic E-state index is -0.000281. The highest BCUT2D eigenvalue weighted by Crippen LogP contribution is 2.44. The fraction of sp³-hybridized carbons (Fsp3) is 0.562. The summed E-state index contributed by atoms with van der Waals surface area (Å²) in [5.41, 5.74) is 3.46. The first-order valence-corrected chi connectivity index (χ1v) is 8.21. The number of hydrogen-bond acceptors (Lipinski definition) is 5. The van der Waals surface area contributed by atoms with Gasteiger partial charge in [-0.25, -0.2) is 5.26 Å². The van der Waals surface area contributed by atoms with Crippen molar-refractivity contribution in [3.8, 4) is 0 Å². The molecule has 0 fully saturated rings. The van der Waals surface area contributed by atoms with Gasteiger partial charge in [0.15, 0.2) is 0 Å². The van der Waals surface area contributed by atoms with Gasteiger partial charge in [-0.1, -0.05) is 44.6 Å². The van der Waals surface area contributed by atoms with Gasteiger partial charge in [0.05, 0.1) is 17.7 Å². The van der Waals surface area contributed by atoms with Crippen LogP contribution in [0.25, 0.3) is 0 Å². The summed E-state index contributed by atoms with van der Waals surface area (Å²) in [5, 5.41) is 11.9. The monoisotopic (exact) mass is 309 g/mol. The zero-order chi connectivity index (χ0) is 15.3. The maximum atomic E-state index is 8.27. The second-order valence-electron chi connectivity index (χ2n) is 5.74. The topological polar surface area (TPSA) is 51.0 Å². The number of benzene rings is 1. The average Bonchev–Trinajstić information content (AvgIpc) is 2.73. The third kappa shape index (κ3) is 3.66. The number of unbranched alkanes of at least 4 members (excludes halogenated alkanes) is 3. The van der Waals surface area contributed by atoms with Crippen molar-refractivity contribution < 1.29 is 14.6 Å². The molecule has 0 unspecified atom stereocenters. The molecule has 0 amide bonds. The van der Waals surface area contributed by atoms with E-state index in [0.29, 0.717) is 0 Å². The summed E-state index contributed by atoms with van der Waals surface area (Å²) in [7, 11) is 0. The summed E-state index contributed by atoms with van der Waals surface area (Å²) in [6.45, 7) is 6.60. The van der Waals surface area contributed by atoms with Gasteiger partial charge in [0.25, 0.3) is 0 Å². The van der Waals surface area contributed by atoms with Gasteiger partial charge in [0.2, 0.25) is 0 Å². The molecule has 21 heavy (non-hydrogen) atoms. The maximum Gasteiger partial charge on any atom is 0.0714 e. The van der Waals surface area contributed by atoms with Crippen molar-refractivity contribution in [3.05, 3.63) is 23.8 Å². The molecule has 0 aromatic heterocycles. The van der Waals surface area contributed by atoms with E-state index in [0.717, 1.165) is 29.0 Å². The van der Waals surface area contributed by atoms with E-state index in [4.69, 9.17) is 10.2 Å². The summed E-state index contributed by atoms with van der Waals surface area (Å²) in [4.78, 5) is 5.61. The molecule has 4 nitrogen and oxygen atoms in total. The molecule has 1 aliphatic heterocycles. The van der Waals surface area contributed by atoms with E-state index in [-0.39, 0.29) is 5.41 Å². The average molecular weight is 309 g/mol. The lowest BCUT2D eigenvalue weighted by Crippen LogP contribution is -2.27. The molecule has 5 heteroatoms. The van der Waals surface area contributed by atoms with Crippen LogP contribution >= 0.6 is 12.0 Å². The number of rotatable bonds is 8. The lowest BCUT2D eigenvalue weighted by atomic mass is 9.76. The Morgan fingerprint density at radius 3 is 2.81 bits per heavy atom. The fourth-order valence-corrected chi connectivity index (χ4v) is 3.28. The molecule has 0 saturated carbocycles. The smallest absolute Gasteiger partial charge is 0.0714 e. The highest BCUT2D eigenvalue weighted by atomic mass is 32.2. The molecule has 0 radical (unpaired) electrons. The van der Waals surface area contributed by atoms with Crippen LogP contribution in [0.2, 0.25) is 0 Å². The van der Waals surface area contributed by atoms with Gasteiger partial charge in [-0.2, -0.15) is 0 Å². The molecule has 1 aliphatic rings. The predicted octanol–water partition coefficient (Wildman–Crippen LogP) is 5.45. The summed E-state index contributed by atoms with van der Waals surface area (Å²) >= 11 is 0.997. The van der Waals surface area contributed by atoms with Crippen LogP contribution in [-0.4, -0.2) is 11.0 Å². The lowest BCUT2D eigenvalue weighted by Gasteiger charge is -2.26. The Morgan fingerprint density at radius 2 is 2.10 bits per heavy atom. The van der Waals surface area contributed by atoms with E-state index >= 15 is 0 Å². The lowest BCUT2D eigenvalue weighted by molar-refractivity contribution is -0.432. The third-order valence-electron chi connectivity index (χ3n) is 4.34.